The van der Waals surface area contributed by atoms with Crippen molar-refractivity contribution in [3.05, 3.63) is 34.3 Å². The highest BCUT2D eigenvalue weighted by molar-refractivity contribution is 9.10. The molecule has 1 aromatic carbocycles. The Kier molecular flexibility index (Phi) is 6.06. The molecule has 0 saturated heterocycles. The largest absolute Gasteiger partial charge is 0.378 e. The van der Waals surface area contributed by atoms with Gasteiger partial charge >= 0.3 is 0 Å². The highest BCUT2D eigenvalue weighted by atomic mass is 79.9. The topological polar surface area (TPSA) is 47.3 Å². The number of nitriles is 1. The van der Waals surface area contributed by atoms with Gasteiger partial charge in [-0.15, -0.1) is 0 Å². The van der Waals surface area contributed by atoms with Gasteiger partial charge in [0.15, 0.2) is 5.60 Å². The summed E-state index contributed by atoms with van der Waals surface area (Å²) in [7, 11) is 1.62. The van der Waals surface area contributed by atoms with Crippen molar-refractivity contribution in [1.29, 1.82) is 5.26 Å². The van der Waals surface area contributed by atoms with Gasteiger partial charge in [-0.05, 0) is 31.7 Å². The van der Waals surface area contributed by atoms with Crippen molar-refractivity contribution >= 4 is 15.9 Å². The molecule has 6 heteroatoms. The number of halogens is 3. The van der Waals surface area contributed by atoms with Crippen LogP contribution in [0.1, 0.15) is 18.9 Å². The van der Waals surface area contributed by atoms with Crippen LogP contribution in [-0.2, 0) is 5.60 Å². The predicted molar refractivity (Wildman–Crippen MR) is 76.4 cm³/mol. The number of hydrogen-bond acceptors (Lipinski definition) is 3. The first-order valence-corrected chi connectivity index (χ1v) is 6.94. The highest BCUT2D eigenvalue weighted by Gasteiger charge is 2.41. The molecule has 1 rings (SSSR count). The fourth-order valence-electron chi connectivity index (χ4n) is 1.85. The van der Waals surface area contributed by atoms with E-state index in [9.17, 15) is 13.9 Å². The lowest BCUT2D eigenvalue weighted by Gasteiger charge is -2.34. The van der Waals surface area contributed by atoms with E-state index in [0.717, 1.165) is 4.47 Å². The molecule has 0 saturated carbocycles. The average molecular weight is 347 g/mol. The van der Waals surface area contributed by atoms with E-state index in [2.05, 4.69) is 15.9 Å². The summed E-state index contributed by atoms with van der Waals surface area (Å²) in [6.07, 6.45) is -2.70. The smallest absolute Gasteiger partial charge is 0.272 e. The second kappa shape index (κ2) is 7.11. The molecular weight excluding hydrogens is 330 g/mol. The van der Waals surface area contributed by atoms with Gasteiger partial charge < -0.3 is 5.11 Å². The Labute approximate surface area is 125 Å². The molecule has 0 fully saturated rings. The fourth-order valence-corrected chi connectivity index (χ4v) is 2.11. The number of benzene rings is 1. The summed E-state index contributed by atoms with van der Waals surface area (Å²) >= 11 is 3.23. The normalized spacial score (nSPS) is 15.9. The van der Waals surface area contributed by atoms with Gasteiger partial charge in [0, 0.05) is 17.1 Å². The monoisotopic (exact) mass is 346 g/mol. The van der Waals surface area contributed by atoms with Gasteiger partial charge in [-0.25, -0.2) is 8.78 Å². The van der Waals surface area contributed by atoms with E-state index in [1.54, 1.807) is 31.0 Å². The third kappa shape index (κ3) is 3.98. The van der Waals surface area contributed by atoms with Gasteiger partial charge in [0.05, 0.1) is 12.5 Å². The SMILES string of the molecule is CC(CC#N)N(C)CC(O)(c1ccc(Br)cc1)C(F)F. The summed E-state index contributed by atoms with van der Waals surface area (Å²) in [6.45, 7) is 1.52. The van der Waals surface area contributed by atoms with Crippen LogP contribution in [0.4, 0.5) is 8.78 Å². The van der Waals surface area contributed by atoms with Gasteiger partial charge in [-0.1, -0.05) is 28.1 Å². The van der Waals surface area contributed by atoms with Crippen LogP contribution in [0.5, 0.6) is 0 Å². The second-order valence-electron chi connectivity index (χ2n) is 4.86. The van der Waals surface area contributed by atoms with Gasteiger partial charge in [-0.3, -0.25) is 4.90 Å². The number of alkyl halides is 2. The molecule has 0 spiro atoms. The Balaban J connectivity index is 2.98. The molecule has 20 heavy (non-hydrogen) atoms. The van der Waals surface area contributed by atoms with E-state index in [1.807, 2.05) is 6.07 Å². The molecule has 0 aromatic heterocycles. The maximum Gasteiger partial charge on any atom is 0.272 e. The van der Waals surface area contributed by atoms with Crippen LogP contribution in [0, 0.1) is 11.3 Å². The van der Waals surface area contributed by atoms with E-state index < -0.39 is 12.0 Å². The summed E-state index contributed by atoms with van der Waals surface area (Å²) in [6, 6.07) is 7.95. The number of aliphatic hydroxyl groups is 1. The molecule has 3 nitrogen and oxygen atoms in total. The Bertz CT molecular complexity index is 475. The lowest BCUT2D eigenvalue weighted by Crippen LogP contribution is -2.47. The number of likely N-dealkylation sites (N-methyl/N-ethyl adjacent to an activating group) is 1. The van der Waals surface area contributed by atoms with E-state index in [0.29, 0.717) is 0 Å². The number of rotatable bonds is 6. The van der Waals surface area contributed by atoms with Gasteiger partial charge in [0.1, 0.15) is 0 Å². The molecule has 0 aliphatic carbocycles. The highest BCUT2D eigenvalue weighted by Crippen LogP contribution is 2.30. The maximum atomic E-state index is 13.3. The van der Waals surface area contributed by atoms with Gasteiger partial charge in [0.25, 0.3) is 6.43 Å². The van der Waals surface area contributed by atoms with Crippen LogP contribution >= 0.6 is 15.9 Å². The molecule has 1 aromatic rings. The number of hydrogen-bond donors (Lipinski definition) is 1. The zero-order valence-corrected chi connectivity index (χ0v) is 12.9. The minimum Gasteiger partial charge on any atom is -0.378 e. The third-order valence-corrected chi connectivity index (χ3v) is 3.86. The third-order valence-electron chi connectivity index (χ3n) is 3.33. The van der Waals surface area contributed by atoms with Crippen molar-refractivity contribution < 1.29 is 13.9 Å². The van der Waals surface area contributed by atoms with Gasteiger partial charge in [-0.2, -0.15) is 5.26 Å². The summed E-state index contributed by atoms with van der Waals surface area (Å²) < 4.78 is 27.4. The quantitative estimate of drug-likeness (QED) is 0.860. The van der Waals surface area contributed by atoms with E-state index in [1.165, 1.54) is 12.1 Å². The molecule has 0 heterocycles. The molecule has 0 amide bonds. The zero-order chi connectivity index (χ0) is 15.3. The first kappa shape index (κ1) is 17.0. The average Bonchev–Trinajstić information content (AvgIpc) is 2.39. The summed E-state index contributed by atoms with van der Waals surface area (Å²) in [4.78, 5) is 1.57. The molecule has 0 aliphatic heterocycles. The van der Waals surface area contributed by atoms with Crippen molar-refractivity contribution in [1.82, 2.24) is 4.90 Å². The standard InChI is InChI=1S/C14H17BrF2N2O/c1-10(7-8-18)19(2)9-14(20,13(16)17)11-3-5-12(15)6-4-11/h3-6,10,13,20H,7,9H2,1-2H3. The Morgan fingerprint density at radius 3 is 2.40 bits per heavy atom. The molecule has 2 atom stereocenters. The van der Waals surface area contributed by atoms with E-state index >= 15 is 0 Å². The molecule has 1 N–H and O–H groups in total. The van der Waals surface area contributed by atoms with Crippen molar-refractivity contribution in [3.63, 3.8) is 0 Å². The van der Waals surface area contributed by atoms with Crippen molar-refractivity contribution in [2.24, 2.45) is 0 Å². The van der Waals surface area contributed by atoms with Crippen LogP contribution in [0.15, 0.2) is 28.7 Å². The van der Waals surface area contributed by atoms with Crippen LogP contribution in [0.25, 0.3) is 0 Å². The molecule has 2 unspecified atom stereocenters. The lowest BCUT2D eigenvalue weighted by atomic mass is 9.93. The predicted octanol–water partition coefficient (Wildman–Crippen LogP) is 3.14. The summed E-state index contributed by atoms with van der Waals surface area (Å²) in [5, 5.41) is 19.0. The Hall–Kier alpha value is -1.03. The minimum absolute atomic E-state index is 0.159. The number of nitrogens with zero attached hydrogens (tertiary/aromatic N) is 2. The molecule has 0 radical (unpaired) electrons. The van der Waals surface area contributed by atoms with E-state index in [-0.39, 0.29) is 24.6 Å². The molecule has 0 aliphatic rings. The van der Waals surface area contributed by atoms with Crippen molar-refractivity contribution in [2.75, 3.05) is 13.6 Å². The van der Waals surface area contributed by atoms with Crippen LogP contribution in [0.2, 0.25) is 0 Å². The first-order valence-electron chi connectivity index (χ1n) is 6.15. The summed E-state index contributed by atoms with van der Waals surface area (Å²) in [5.41, 5.74) is -2.09. The zero-order valence-electron chi connectivity index (χ0n) is 11.4. The van der Waals surface area contributed by atoms with Crippen LogP contribution in [0.3, 0.4) is 0 Å². The summed E-state index contributed by atoms with van der Waals surface area (Å²) in [5.74, 6) is 0. The van der Waals surface area contributed by atoms with Crippen molar-refractivity contribution in [3.8, 4) is 6.07 Å². The molecule has 0 bridgehead atoms. The molecular formula is C14H17BrF2N2O. The molecule has 110 valence electrons. The van der Waals surface area contributed by atoms with Crippen molar-refractivity contribution in [2.45, 2.75) is 31.4 Å². The second-order valence-corrected chi connectivity index (χ2v) is 5.77. The van der Waals surface area contributed by atoms with Gasteiger partial charge in [0.2, 0.25) is 0 Å². The van der Waals surface area contributed by atoms with Crippen LogP contribution in [-0.4, -0.2) is 36.1 Å². The Morgan fingerprint density at radius 1 is 1.40 bits per heavy atom. The Morgan fingerprint density at radius 2 is 1.95 bits per heavy atom. The lowest BCUT2D eigenvalue weighted by molar-refractivity contribution is -0.118. The first-order chi connectivity index (χ1) is 9.31. The fraction of sp³-hybridized carbons (Fsp3) is 0.500. The van der Waals surface area contributed by atoms with Crippen LogP contribution < -0.4 is 0 Å². The van der Waals surface area contributed by atoms with E-state index in [4.69, 9.17) is 5.26 Å². The minimum atomic E-state index is -2.92. The maximum absolute atomic E-state index is 13.3.